The maximum absolute atomic E-state index is 12.2. The van der Waals surface area contributed by atoms with E-state index in [1.807, 2.05) is 25.2 Å². The molecule has 0 radical (unpaired) electrons. The van der Waals surface area contributed by atoms with Crippen molar-refractivity contribution < 1.29 is 14.3 Å². The van der Waals surface area contributed by atoms with Crippen LogP contribution in [0, 0.1) is 5.92 Å². The Morgan fingerprint density at radius 3 is 3.05 bits per heavy atom. The zero-order valence-electron chi connectivity index (χ0n) is 12.3. The first kappa shape index (κ1) is 15.0. The Morgan fingerprint density at radius 2 is 2.35 bits per heavy atom. The Kier molecular flexibility index (Phi) is 5.56. The monoisotopic (exact) mass is 277 g/mol. The molecule has 0 aromatic heterocycles. The van der Waals surface area contributed by atoms with Crippen molar-refractivity contribution in [2.45, 2.75) is 12.8 Å². The molecule has 1 aliphatic rings. The molecule has 1 aromatic carbocycles. The number of hydrogen-bond donors (Lipinski definition) is 0. The third kappa shape index (κ3) is 4.32. The first-order valence-electron chi connectivity index (χ1n) is 7.12. The summed E-state index contributed by atoms with van der Waals surface area (Å²) in [4.78, 5) is 14.3. The fraction of sp³-hybridized carbons (Fsp3) is 0.562. The number of Topliss-reactive ketones (excluding diaryl/α,β-unsaturated/α-hetero) is 1. The average Bonchev–Trinajstić information content (AvgIpc) is 2.48. The molecule has 1 saturated heterocycles. The molecule has 0 aliphatic carbocycles. The molecule has 0 amide bonds. The van der Waals surface area contributed by atoms with Gasteiger partial charge < -0.3 is 9.47 Å². The molecule has 0 N–H and O–H groups in total. The van der Waals surface area contributed by atoms with E-state index >= 15 is 0 Å². The lowest BCUT2D eigenvalue weighted by atomic mass is 10.0. The van der Waals surface area contributed by atoms with Crippen molar-refractivity contribution in [1.82, 2.24) is 4.90 Å². The Hall–Kier alpha value is -1.39. The van der Waals surface area contributed by atoms with Crippen LogP contribution in [0.1, 0.15) is 23.2 Å². The van der Waals surface area contributed by atoms with E-state index < -0.39 is 0 Å². The summed E-state index contributed by atoms with van der Waals surface area (Å²) >= 11 is 0. The molecule has 1 unspecified atom stereocenters. The highest BCUT2D eigenvalue weighted by Gasteiger charge is 2.17. The number of likely N-dealkylation sites (N-methyl/N-ethyl adjacent to an activating group) is 1. The van der Waals surface area contributed by atoms with Crippen LogP contribution in [0.2, 0.25) is 0 Å². The summed E-state index contributed by atoms with van der Waals surface area (Å²) in [6.07, 6.45) is 2.32. The molecule has 4 heteroatoms. The fourth-order valence-corrected chi connectivity index (χ4v) is 2.59. The molecule has 20 heavy (non-hydrogen) atoms. The van der Waals surface area contributed by atoms with Gasteiger partial charge in [-0.15, -0.1) is 0 Å². The SMILES string of the molecule is COc1cccc(C(=O)CN(C)CC2CCCOC2)c1. The number of hydrogen-bond acceptors (Lipinski definition) is 4. The molecule has 4 nitrogen and oxygen atoms in total. The summed E-state index contributed by atoms with van der Waals surface area (Å²) < 4.78 is 10.6. The summed E-state index contributed by atoms with van der Waals surface area (Å²) in [7, 11) is 3.60. The minimum absolute atomic E-state index is 0.128. The number of benzene rings is 1. The van der Waals surface area contributed by atoms with Crippen LogP contribution >= 0.6 is 0 Å². The number of ether oxygens (including phenoxy) is 2. The van der Waals surface area contributed by atoms with E-state index in [-0.39, 0.29) is 5.78 Å². The van der Waals surface area contributed by atoms with E-state index in [4.69, 9.17) is 9.47 Å². The van der Waals surface area contributed by atoms with Crippen molar-refractivity contribution in [2.75, 3.05) is 40.5 Å². The highest BCUT2D eigenvalue weighted by molar-refractivity contribution is 5.97. The highest BCUT2D eigenvalue weighted by Crippen LogP contribution is 2.16. The first-order valence-corrected chi connectivity index (χ1v) is 7.12. The first-order chi connectivity index (χ1) is 9.69. The minimum Gasteiger partial charge on any atom is -0.497 e. The number of ketones is 1. The van der Waals surface area contributed by atoms with Crippen molar-refractivity contribution in [1.29, 1.82) is 0 Å². The van der Waals surface area contributed by atoms with Gasteiger partial charge in [0.2, 0.25) is 0 Å². The van der Waals surface area contributed by atoms with Gasteiger partial charge in [-0.2, -0.15) is 0 Å². The smallest absolute Gasteiger partial charge is 0.176 e. The second-order valence-electron chi connectivity index (χ2n) is 5.44. The molecule has 1 atom stereocenters. The maximum atomic E-state index is 12.2. The van der Waals surface area contributed by atoms with Crippen LogP contribution in [0.25, 0.3) is 0 Å². The third-order valence-corrected chi connectivity index (χ3v) is 3.63. The Balaban J connectivity index is 1.86. The van der Waals surface area contributed by atoms with Gasteiger partial charge in [0.25, 0.3) is 0 Å². The number of carbonyl (C=O) groups is 1. The fourth-order valence-electron chi connectivity index (χ4n) is 2.59. The van der Waals surface area contributed by atoms with Crippen LogP contribution in [-0.2, 0) is 4.74 Å². The number of rotatable bonds is 6. The standard InChI is InChI=1S/C16H23NO3/c1-17(10-13-5-4-8-20-12-13)11-16(18)14-6-3-7-15(9-14)19-2/h3,6-7,9,13H,4-5,8,10-12H2,1-2H3. The Morgan fingerprint density at radius 1 is 1.50 bits per heavy atom. The van der Waals surface area contributed by atoms with Crippen LogP contribution < -0.4 is 4.74 Å². The van der Waals surface area contributed by atoms with Crippen molar-refractivity contribution in [3.8, 4) is 5.75 Å². The van der Waals surface area contributed by atoms with Gasteiger partial charge in [-0.05, 0) is 37.9 Å². The van der Waals surface area contributed by atoms with E-state index in [1.54, 1.807) is 13.2 Å². The largest absolute Gasteiger partial charge is 0.497 e. The van der Waals surface area contributed by atoms with Crippen LogP contribution in [0.4, 0.5) is 0 Å². The molecule has 1 fully saturated rings. The van der Waals surface area contributed by atoms with Gasteiger partial charge >= 0.3 is 0 Å². The lowest BCUT2D eigenvalue weighted by Crippen LogP contribution is -2.34. The molecule has 1 heterocycles. The summed E-state index contributed by atoms with van der Waals surface area (Å²) in [5.41, 5.74) is 0.705. The van der Waals surface area contributed by atoms with E-state index in [1.165, 1.54) is 6.42 Å². The van der Waals surface area contributed by atoms with Gasteiger partial charge in [0.15, 0.2) is 5.78 Å². The van der Waals surface area contributed by atoms with E-state index in [2.05, 4.69) is 4.90 Å². The van der Waals surface area contributed by atoms with Crippen LogP contribution in [0.3, 0.4) is 0 Å². The summed E-state index contributed by atoms with van der Waals surface area (Å²) in [5, 5.41) is 0. The predicted octanol–water partition coefficient (Wildman–Crippen LogP) is 2.24. The maximum Gasteiger partial charge on any atom is 0.176 e. The molecular formula is C16H23NO3. The lowest BCUT2D eigenvalue weighted by molar-refractivity contribution is 0.0416. The lowest BCUT2D eigenvalue weighted by Gasteiger charge is -2.26. The topological polar surface area (TPSA) is 38.8 Å². The molecule has 1 aliphatic heterocycles. The molecule has 1 aromatic rings. The molecule has 0 saturated carbocycles. The van der Waals surface area contributed by atoms with Crippen molar-refractivity contribution in [3.63, 3.8) is 0 Å². The summed E-state index contributed by atoms with van der Waals surface area (Å²) in [6, 6.07) is 7.32. The number of carbonyl (C=O) groups excluding carboxylic acids is 1. The Bertz CT molecular complexity index is 441. The van der Waals surface area contributed by atoms with Crippen molar-refractivity contribution >= 4 is 5.78 Å². The number of methoxy groups -OCH3 is 1. The predicted molar refractivity (Wildman–Crippen MR) is 78.4 cm³/mol. The van der Waals surface area contributed by atoms with Crippen LogP contribution in [-0.4, -0.2) is 51.1 Å². The molecule has 0 spiro atoms. The van der Waals surface area contributed by atoms with Gasteiger partial charge in [-0.25, -0.2) is 0 Å². The zero-order valence-corrected chi connectivity index (χ0v) is 12.3. The van der Waals surface area contributed by atoms with Crippen molar-refractivity contribution in [3.05, 3.63) is 29.8 Å². The van der Waals surface area contributed by atoms with E-state index in [0.29, 0.717) is 18.0 Å². The second-order valence-corrected chi connectivity index (χ2v) is 5.44. The minimum atomic E-state index is 0.128. The highest BCUT2D eigenvalue weighted by atomic mass is 16.5. The molecule has 110 valence electrons. The zero-order chi connectivity index (χ0) is 14.4. The van der Waals surface area contributed by atoms with E-state index in [0.717, 1.165) is 31.9 Å². The molecule has 0 bridgehead atoms. The van der Waals surface area contributed by atoms with E-state index in [9.17, 15) is 4.79 Å². The van der Waals surface area contributed by atoms with Crippen molar-refractivity contribution in [2.24, 2.45) is 5.92 Å². The van der Waals surface area contributed by atoms with Gasteiger partial charge in [0.1, 0.15) is 5.75 Å². The number of nitrogens with zero attached hydrogens (tertiary/aromatic N) is 1. The van der Waals surface area contributed by atoms with Crippen LogP contribution in [0.5, 0.6) is 5.75 Å². The van der Waals surface area contributed by atoms with Gasteiger partial charge in [-0.1, -0.05) is 12.1 Å². The normalized spacial score (nSPS) is 19.1. The van der Waals surface area contributed by atoms with Crippen LogP contribution in [0.15, 0.2) is 24.3 Å². The van der Waals surface area contributed by atoms with Gasteiger partial charge in [-0.3, -0.25) is 9.69 Å². The molecule has 2 rings (SSSR count). The summed E-state index contributed by atoms with van der Waals surface area (Å²) in [6.45, 7) is 3.04. The second kappa shape index (κ2) is 7.41. The van der Waals surface area contributed by atoms with Gasteiger partial charge in [0.05, 0.1) is 20.3 Å². The summed E-state index contributed by atoms with van der Waals surface area (Å²) in [5.74, 6) is 1.40. The Labute approximate surface area is 120 Å². The average molecular weight is 277 g/mol. The van der Waals surface area contributed by atoms with Gasteiger partial charge in [0, 0.05) is 18.7 Å². The quantitative estimate of drug-likeness (QED) is 0.748. The third-order valence-electron chi connectivity index (χ3n) is 3.63. The molecular weight excluding hydrogens is 254 g/mol.